The fourth-order valence-electron chi connectivity index (χ4n) is 5.40. The third-order valence-corrected chi connectivity index (χ3v) is 7.49. The highest BCUT2D eigenvalue weighted by molar-refractivity contribution is 6.05. The number of amides is 4. The molecule has 1 unspecified atom stereocenters. The number of hydrogen-bond acceptors (Lipinski definition) is 6. The molecule has 0 bridgehead atoms. The fourth-order valence-corrected chi connectivity index (χ4v) is 5.40. The summed E-state index contributed by atoms with van der Waals surface area (Å²) in [5.74, 6) is -0.482. The monoisotopic (exact) mass is 489 g/mol. The number of piperidine rings is 2. The summed E-state index contributed by atoms with van der Waals surface area (Å²) in [5.41, 5.74) is 9.75. The zero-order valence-electron chi connectivity index (χ0n) is 20.2. The van der Waals surface area contributed by atoms with Crippen LogP contribution in [0.15, 0.2) is 42.5 Å². The third-order valence-electron chi connectivity index (χ3n) is 7.49. The minimum absolute atomic E-state index is 0.0936. The molecule has 3 heterocycles. The van der Waals surface area contributed by atoms with E-state index < -0.39 is 6.04 Å². The number of hydrogen-bond donors (Lipinski definition) is 3. The third kappa shape index (κ3) is 4.97. The minimum atomic E-state index is -0.588. The molecule has 9 nitrogen and oxygen atoms in total. The van der Waals surface area contributed by atoms with Gasteiger partial charge in [0.1, 0.15) is 6.04 Å². The Balaban J connectivity index is 1.12. The van der Waals surface area contributed by atoms with E-state index in [1.807, 2.05) is 12.1 Å². The standard InChI is InChI=1S/C27H31N5O4/c28-21-4-1-18(2-5-21)25(34)29-11-14-31-12-9-17(10-13-31)19-3-6-22-20(15-19)16-32(27(22)36)23-7-8-24(33)30-26(23)35/h1-6,15,17,23H,7-14,16,28H2,(H,29,34)(H,30,33,35). The van der Waals surface area contributed by atoms with E-state index in [4.69, 9.17) is 5.73 Å². The second-order valence-electron chi connectivity index (χ2n) is 9.81. The van der Waals surface area contributed by atoms with E-state index in [1.165, 1.54) is 5.56 Å². The van der Waals surface area contributed by atoms with Crippen LogP contribution in [-0.4, -0.2) is 65.6 Å². The van der Waals surface area contributed by atoms with Crippen LogP contribution in [0.5, 0.6) is 0 Å². The van der Waals surface area contributed by atoms with Gasteiger partial charge in [-0.25, -0.2) is 0 Å². The lowest BCUT2D eigenvalue weighted by atomic mass is 9.88. The lowest BCUT2D eigenvalue weighted by Crippen LogP contribution is -2.52. The Labute approximate surface area is 210 Å². The lowest BCUT2D eigenvalue weighted by Gasteiger charge is -2.32. The number of nitrogens with zero attached hydrogens (tertiary/aromatic N) is 2. The van der Waals surface area contributed by atoms with Crippen molar-refractivity contribution in [2.24, 2.45) is 0 Å². The predicted molar refractivity (Wildman–Crippen MR) is 134 cm³/mol. The van der Waals surface area contributed by atoms with Gasteiger partial charge in [0.05, 0.1) is 0 Å². The van der Waals surface area contributed by atoms with Gasteiger partial charge in [-0.15, -0.1) is 0 Å². The Bertz CT molecular complexity index is 1190. The number of carbonyl (C=O) groups is 4. The average molecular weight is 490 g/mol. The molecule has 3 aliphatic heterocycles. The molecular weight excluding hydrogens is 458 g/mol. The van der Waals surface area contributed by atoms with Gasteiger partial charge in [-0.2, -0.15) is 0 Å². The zero-order valence-corrected chi connectivity index (χ0v) is 20.2. The molecule has 36 heavy (non-hydrogen) atoms. The summed E-state index contributed by atoms with van der Waals surface area (Å²) < 4.78 is 0. The molecule has 188 valence electrons. The number of nitrogen functional groups attached to an aromatic ring is 1. The van der Waals surface area contributed by atoms with Gasteiger partial charge in [0.15, 0.2) is 0 Å². The molecular formula is C27H31N5O4. The van der Waals surface area contributed by atoms with Crippen LogP contribution in [0, 0.1) is 0 Å². The van der Waals surface area contributed by atoms with Gasteiger partial charge in [0.2, 0.25) is 11.8 Å². The highest BCUT2D eigenvalue weighted by atomic mass is 16.2. The van der Waals surface area contributed by atoms with Crippen molar-refractivity contribution in [1.29, 1.82) is 0 Å². The molecule has 0 aromatic heterocycles. The SMILES string of the molecule is Nc1ccc(C(=O)NCCN2CCC(c3ccc4c(c3)CN(C3CCC(=O)NC3=O)C4=O)CC2)cc1. The van der Waals surface area contributed by atoms with Crippen LogP contribution in [0.3, 0.4) is 0 Å². The Morgan fingerprint density at radius 3 is 2.50 bits per heavy atom. The Kier molecular flexibility index (Phi) is 6.73. The summed E-state index contributed by atoms with van der Waals surface area (Å²) in [5, 5.41) is 5.32. The van der Waals surface area contributed by atoms with Gasteiger partial charge in [-0.1, -0.05) is 12.1 Å². The summed E-state index contributed by atoms with van der Waals surface area (Å²) >= 11 is 0. The van der Waals surface area contributed by atoms with Gasteiger partial charge in [0, 0.05) is 42.9 Å². The van der Waals surface area contributed by atoms with Gasteiger partial charge < -0.3 is 20.9 Å². The number of rotatable bonds is 6. The molecule has 2 aromatic rings. The molecule has 3 aliphatic rings. The van der Waals surface area contributed by atoms with E-state index in [-0.39, 0.29) is 30.0 Å². The maximum atomic E-state index is 12.9. The number of imide groups is 1. The van der Waals surface area contributed by atoms with E-state index in [9.17, 15) is 19.2 Å². The number of likely N-dealkylation sites (tertiary alicyclic amines) is 1. The van der Waals surface area contributed by atoms with Gasteiger partial charge in [0.25, 0.3) is 11.8 Å². The molecule has 9 heteroatoms. The second kappa shape index (κ2) is 10.1. The van der Waals surface area contributed by atoms with Crippen molar-refractivity contribution in [2.45, 2.75) is 44.2 Å². The predicted octanol–water partition coefficient (Wildman–Crippen LogP) is 1.64. The molecule has 0 radical (unpaired) electrons. The zero-order chi connectivity index (χ0) is 25.2. The summed E-state index contributed by atoms with van der Waals surface area (Å²) in [7, 11) is 0. The number of carbonyl (C=O) groups excluding carboxylic acids is 4. The number of benzene rings is 2. The normalized spacial score (nSPS) is 20.8. The van der Waals surface area contributed by atoms with Crippen molar-refractivity contribution in [2.75, 3.05) is 31.9 Å². The summed E-state index contributed by atoms with van der Waals surface area (Å²) in [6.07, 6.45) is 2.65. The maximum Gasteiger partial charge on any atom is 0.255 e. The van der Waals surface area contributed by atoms with Gasteiger partial charge in [-0.3, -0.25) is 24.5 Å². The molecule has 0 spiro atoms. The van der Waals surface area contributed by atoms with Crippen LogP contribution in [0.1, 0.15) is 63.4 Å². The summed E-state index contributed by atoms with van der Waals surface area (Å²) in [4.78, 5) is 52.9. The average Bonchev–Trinajstić information content (AvgIpc) is 3.20. The van der Waals surface area contributed by atoms with Crippen molar-refractivity contribution >= 4 is 29.3 Å². The van der Waals surface area contributed by atoms with Crippen molar-refractivity contribution in [3.63, 3.8) is 0 Å². The number of nitrogens with two attached hydrogens (primary N) is 1. The number of fused-ring (bicyclic) bond motifs is 1. The van der Waals surface area contributed by atoms with Crippen LogP contribution >= 0.6 is 0 Å². The van der Waals surface area contributed by atoms with Crippen LogP contribution < -0.4 is 16.4 Å². The van der Waals surface area contributed by atoms with Crippen LogP contribution in [0.2, 0.25) is 0 Å². The lowest BCUT2D eigenvalue weighted by molar-refractivity contribution is -0.136. The smallest absolute Gasteiger partial charge is 0.255 e. The molecule has 0 saturated carbocycles. The molecule has 1 atom stereocenters. The maximum absolute atomic E-state index is 12.9. The highest BCUT2D eigenvalue weighted by Gasteiger charge is 2.39. The van der Waals surface area contributed by atoms with E-state index in [0.29, 0.717) is 42.2 Å². The largest absolute Gasteiger partial charge is 0.399 e. The van der Waals surface area contributed by atoms with Crippen LogP contribution in [-0.2, 0) is 16.1 Å². The fraction of sp³-hybridized carbons (Fsp3) is 0.407. The quantitative estimate of drug-likeness (QED) is 0.419. The number of nitrogens with one attached hydrogen (secondary N) is 2. The second-order valence-corrected chi connectivity index (χ2v) is 9.81. The number of anilines is 1. The Morgan fingerprint density at radius 2 is 1.78 bits per heavy atom. The van der Waals surface area contributed by atoms with Crippen molar-refractivity contribution < 1.29 is 19.2 Å². The topological polar surface area (TPSA) is 125 Å². The van der Waals surface area contributed by atoms with E-state index >= 15 is 0 Å². The van der Waals surface area contributed by atoms with Gasteiger partial charge >= 0.3 is 0 Å². The molecule has 0 aliphatic carbocycles. The Hall–Kier alpha value is -3.72. The summed E-state index contributed by atoms with van der Waals surface area (Å²) in [6, 6.07) is 12.4. The molecule has 4 N–H and O–H groups in total. The first-order valence-corrected chi connectivity index (χ1v) is 12.5. The van der Waals surface area contributed by atoms with E-state index in [1.54, 1.807) is 29.2 Å². The first-order valence-electron chi connectivity index (χ1n) is 12.5. The molecule has 2 aromatic carbocycles. The molecule has 2 saturated heterocycles. The van der Waals surface area contributed by atoms with E-state index in [0.717, 1.165) is 38.0 Å². The van der Waals surface area contributed by atoms with E-state index in [2.05, 4.69) is 21.6 Å². The molecule has 2 fully saturated rings. The molecule has 5 rings (SSSR count). The molecule has 4 amide bonds. The summed E-state index contributed by atoms with van der Waals surface area (Å²) in [6.45, 7) is 3.68. The van der Waals surface area contributed by atoms with Crippen LogP contribution in [0.4, 0.5) is 5.69 Å². The Morgan fingerprint density at radius 1 is 1.03 bits per heavy atom. The highest BCUT2D eigenvalue weighted by Crippen LogP contribution is 2.33. The van der Waals surface area contributed by atoms with Crippen molar-refractivity contribution in [3.8, 4) is 0 Å². The minimum Gasteiger partial charge on any atom is -0.399 e. The van der Waals surface area contributed by atoms with Crippen molar-refractivity contribution in [1.82, 2.24) is 20.4 Å². The van der Waals surface area contributed by atoms with Crippen molar-refractivity contribution in [3.05, 3.63) is 64.7 Å². The first kappa shape index (κ1) is 24.0. The van der Waals surface area contributed by atoms with Crippen LogP contribution in [0.25, 0.3) is 0 Å². The van der Waals surface area contributed by atoms with Gasteiger partial charge in [-0.05, 0) is 79.7 Å². The first-order chi connectivity index (χ1) is 17.4.